The molecule has 0 spiro atoms. The minimum Gasteiger partial charge on any atom is -0.407 e. The molecule has 0 radical (unpaired) electrons. The van der Waals surface area contributed by atoms with Crippen LogP contribution < -0.4 is 10.2 Å². The fourth-order valence-electron chi connectivity index (χ4n) is 2.52. The van der Waals surface area contributed by atoms with Gasteiger partial charge in [-0.1, -0.05) is 18.9 Å². The van der Waals surface area contributed by atoms with Gasteiger partial charge in [-0.2, -0.15) is 0 Å². The number of hydrogen-bond acceptors (Lipinski definition) is 6. The highest BCUT2D eigenvalue weighted by Gasteiger charge is 2.30. The van der Waals surface area contributed by atoms with E-state index in [9.17, 15) is 0 Å². The predicted molar refractivity (Wildman–Crippen MR) is 73.1 cm³/mol. The Labute approximate surface area is 114 Å². The van der Waals surface area contributed by atoms with Crippen LogP contribution in [0.5, 0.6) is 0 Å². The number of nitrogens with zero attached hydrogens (tertiary/aromatic N) is 3. The van der Waals surface area contributed by atoms with Gasteiger partial charge in [0.05, 0.1) is 13.2 Å². The van der Waals surface area contributed by atoms with Gasteiger partial charge in [-0.05, 0) is 18.8 Å². The van der Waals surface area contributed by atoms with Crippen molar-refractivity contribution in [2.75, 3.05) is 31.7 Å². The molecule has 0 bridgehead atoms. The lowest BCUT2D eigenvalue weighted by molar-refractivity contribution is 0.198. The fraction of sp³-hybridized carbons (Fsp3) is 0.846. The first kappa shape index (κ1) is 14.3. The number of nitrogens with one attached hydrogen (secondary N) is 1. The third-order valence-corrected chi connectivity index (χ3v) is 3.53. The number of methoxy groups -OCH3 is 1. The number of rotatable bonds is 7. The van der Waals surface area contributed by atoms with Crippen molar-refractivity contribution in [2.45, 2.75) is 39.3 Å². The van der Waals surface area contributed by atoms with Crippen molar-refractivity contribution in [1.29, 1.82) is 0 Å². The molecule has 0 aromatic carbocycles. The molecule has 0 aliphatic carbocycles. The highest BCUT2D eigenvalue weighted by molar-refractivity contribution is 5.29. The first-order valence-electron chi connectivity index (χ1n) is 7.01. The second-order valence-corrected chi connectivity index (χ2v) is 5.29. The van der Waals surface area contributed by atoms with Crippen LogP contribution in [0.3, 0.4) is 0 Å². The van der Waals surface area contributed by atoms with E-state index in [1.807, 2.05) is 0 Å². The third kappa shape index (κ3) is 3.67. The van der Waals surface area contributed by atoms with Gasteiger partial charge >= 0.3 is 6.01 Å². The molecule has 1 aliphatic rings. The fourth-order valence-corrected chi connectivity index (χ4v) is 2.52. The van der Waals surface area contributed by atoms with Crippen LogP contribution in [0, 0.1) is 5.92 Å². The molecule has 2 heterocycles. The Morgan fingerprint density at radius 2 is 2.32 bits per heavy atom. The van der Waals surface area contributed by atoms with Gasteiger partial charge in [0.25, 0.3) is 0 Å². The zero-order valence-corrected chi connectivity index (χ0v) is 12.1. The second kappa shape index (κ2) is 6.86. The summed E-state index contributed by atoms with van der Waals surface area (Å²) in [5, 5.41) is 11.5. The van der Waals surface area contributed by atoms with Crippen molar-refractivity contribution in [3.05, 3.63) is 5.89 Å². The van der Waals surface area contributed by atoms with Gasteiger partial charge in [0.2, 0.25) is 5.89 Å². The standard InChI is InChI=1S/C13H24N4O2/c1-10(2)11-5-4-7-17(11)13-16-15-12(19-13)9-14-6-8-18-3/h10-11,14H,4-9H2,1-3H3. The molecule has 0 amide bonds. The molecule has 1 aliphatic heterocycles. The maximum atomic E-state index is 5.73. The van der Waals surface area contributed by atoms with E-state index in [0.717, 1.165) is 13.1 Å². The monoisotopic (exact) mass is 268 g/mol. The van der Waals surface area contributed by atoms with E-state index in [-0.39, 0.29) is 0 Å². The molecule has 1 aromatic heterocycles. The molecule has 1 atom stereocenters. The Morgan fingerprint density at radius 1 is 1.47 bits per heavy atom. The van der Waals surface area contributed by atoms with Gasteiger partial charge in [0, 0.05) is 26.2 Å². The van der Waals surface area contributed by atoms with Gasteiger partial charge in [0.1, 0.15) is 0 Å². The summed E-state index contributed by atoms with van der Waals surface area (Å²) in [5.74, 6) is 1.25. The largest absolute Gasteiger partial charge is 0.407 e. The Morgan fingerprint density at radius 3 is 3.05 bits per heavy atom. The SMILES string of the molecule is COCCNCc1nnc(N2CCCC2C(C)C)o1. The molecule has 1 aromatic rings. The predicted octanol–water partition coefficient (Wildman–Crippen LogP) is 1.43. The maximum Gasteiger partial charge on any atom is 0.318 e. The van der Waals surface area contributed by atoms with Gasteiger partial charge < -0.3 is 19.4 Å². The van der Waals surface area contributed by atoms with Crippen molar-refractivity contribution < 1.29 is 9.15 Å². The molecule has 1 unspecified atom stereocenters. The average molecular weight is 268 g/mol. The zero-order chi connectivity index (χ0) is 13.7. The Hall–Kier alpha value is -1.14. The van der Waals surface area contributed by atoms with Gasteiger partial charge in [0.15, 0.2) is 0 Å². The van der Waals surface area contributed by atoms with Crippen molar-refractivity contribution >= 4 is 6.01 Å². The van der Waals surface area contributed by atoms with Crippen molar-refractivity contribution in [1.82, 2.24) is 15.5 Å². The molecule has 6 nitrogen and oxygen atoms in total. The van der Waals surface area contributed by atoms with Gasteiger partial charge in [-0.3, -0.25) is 0 Å². The summed E-state index contributed by atoms with van der Waals surface area (Å²) in [4.78, 5) is 2.25. The van der Waals surface area contributed by atoms with Gasteiger partial charge in [-0.25, -0.2) is 0 Å². The van der Waals surface area contributed by atoms with Crippen molar-refractivity contribution in [3.63, 3.8) is 0 Å². The van der Waals surface area contributed by atoms with E-state index in [2.05, 4.69) is 34.3 Å². The molecule has 6 heteroatoms. The Bertz CT molecular complexity index is 380. The van der Waals surface area contributed by atoms with Gasteiger partial charge in [-0.15, -0.1) is 5.10 Å². The topological polar surface area (TPSA) is 63.4 Å². The lowest BCUT2D eigenvalue weighted by Gasteiger charge is -2.25. The minimum absolute atomic E-state index is 0.523. The zero-order valence-electron chi connectivity index (χ0n) is 12.1. The molecule has 1 fully saturated rings. The van der Waals surface area contributed by atoms with Crippen molar-refractivity contribution in [2.24, 2.45) is 5.92 Å². The molecule has 108 valence electrons. The molecular weight excluding hydrogens is 244 g/mol. The second-order valence-electron chi connectivity index (χ2n) is 5.29. The maximum absolute atomic E-state index is 5.73. The summed E-state index contributed by atoms with van der Waals surface area (Å²) in [6.45, 7) is 7.56. The van der Waals surface area contributed by atoms with Crippen LogP contribution in [0.1, 0.15) is 32.6 Å². The molecule has 0 saturated carbocycles. The van der Waals surface area contributed by atoms with Crippen molar-refractivity contribution in [3.8, 4) is 0 Å². The smallest absolute Gasteiger partial charge is 0.318 e. The van der Waals surface area contributed by atoms with E-state index in [1.54, 1.807) is 7.11 Å². The van der Waals surface area contributed by atoms with E-state index < -0.39 is 0 Å². The summed E-state index contributed by atoms with van der Waals surface area (Å²) >= 11 is 0. The van der Waals surface area contributed by atoms with Crippen LogP contribution in [0.2, 0.25) is 0 Å². The third-order valence-electron chi connectivity index (χ3n) is 3.53. The van der Waals surface area contributed by atoms with Crippen LogP contribution in [-0.2, 0) is 11.3 Å². The lowest BCUT2D eigenvalue weighted by Crippen LogP contribution is -2.33. The average Bonchev–Trinajstić information content (AvgIpc) is 3.02. The molecule has 1 N–H and O–H groups in total. The van der Waals surface area contributed by atoms with E-state index >= 15 is 0 Å². The summed E-state index contributed by atoms with van der Waals surface area (Å²) in [6.07, 6.45) is 2.41. The number of hydrogen-bond donors (Lipinski definition) is 1. The summed E-state index contributed by atoms with van der Waals surface area (Å²) < 4.78 is 10.7. The number of aromatic nitrogens is 2. The molecule has 19 heavy (non-hydrogen) atoms. The number of ether oxygens (including phenoxy) is 1. The lowest BCUT2D eigenvalue weighted by atomic mass is 10.0. The first-order chi connectivity index (χ1) is 9.22. The Kier molecular flexibility index (Phi) is 5.15. The van der Waals surface area contributed by atoms with E-state index in [4.69, 9.17) is 9.15 Å². The summed E-state index contributed by atoms with van der Waals surface area (Å²) in [6, 6.07) is 1.19. The summed E-state index contributed by atoms with van der Waals surface area (Å²) in [5.41, 5.74) is 0. The van der Waals surface area contributed by atoms with E-state index in [0.29, 0.717) is 37.0 Å². The summed E-state index contributed by atoms with van der Waals surface area (Å²) in [7, 11) is 1.69. The number of anilines is 1. The highest BCUT2D eigenvalue weighted by Crippen LogP contribution is 2.28. The van der Waals surface area contributed by atoms with E-state index in [1.165, 1.54) is 12.8 Å². The minimum atomic E-state index is 0.523. The first-order valence-corrected chi connectivity index (χ1v) is 7.01. The van der Waals surface area contributed by atoms with Crippen LogP contribution in [0.15, 0.2) is 4.42 Å². The van der Waals surface area contributed by atoms with Crippen LogP contribution >= 0.6 is 0 Å². The Balaban J connectivity index is 1.89. The quantitative estimate of drug-likeness (QED) is 0.755. The molecule has 2 rings (SSSR count). The van der Waals surface area contributed by atoms with Crippen LogP contribution in [0.4, 0.5) is 6.01 Å². The van der Waals surface area contributed by atoms with Crippen LogP contribution in [0.25, 0.3) is 0 Å². The normalized spacial score (nSPS) is 19.6. The van der Waals surface area contributed by atoms with Crippen LogP contribution in [-0.4, -0.2) is 43.0 Å². The highest BCUT2D eigenvalue weighted by atomic mass is 16.5. The molecular formula is C13H24N4O2. The molecule has 1 saturated heterocycles.